The Morgan fingerprint density at radius 1 is 1.38 bits per heavy atom. The highest BCUT2D eigenvalue weighted by Crippen LogP contribution is 2.23. The Balaban J connectivity index is 1.63. The number of para-hydroxylation sites is 1. The molecular weight excluding hydrogens is 342 g/mol. The minimum Gasteiger partial charge on any atom is -0.479 e. The Morgan fingerprint density at radius 2 is 2.15 bits per heavy atom. The van der Waals surface area contributed by atoms with E-state index in [0.717, 1.165) is 31.4 Å². The van der Waals surface area contributed by atoms with Gasteiger partial charge < -0.3 is 14.2 Å². The molecule has 7 heteroatoms. The molecule has 3 rings (SSSR count). The fraction of sp³-hybridized carbons (Fsp3) is 0.368. The minimum atomic E-state index is -0.803. The van der Waals surface area contributed by atoms with Gasteiger partial charge in [0.1, 0.15) is 6.61 Å². The topological polar surface area (TPSA) is 55.6 Å². The lowest BCUT2D eigenvalue weighted by Crippen LogP contribution is -2.36. The first-order chi connectivity index (χ1) is 12.6. The van der Waals surface area contributed by atoms with E-state index >= 15 is 0 Å². The largest absolute Gasteiger partial charge is 0.479 e. The van der Waals surface area contributed by atoms with Crippen LogP contribution < -0.4 is 4.74 Å². The third-order valence-electron chi connectivity index (χ3n) is 4.23. The smallest absolute Gasteiger partial charge is 0.276 e. The van der Waals surface area contributed by atoms with E-state index in [9.17, 15) is 13.6 Å². The Labute approximate surface area is 150 Å². The van der Waals surface area contributed by atoms with Crippen molar-refractivity contribution in [2.24, 2.45) is 0 Å². The van der Waals surface area contributed by atoms with Gasteiger partial charge in [-0.3, -0.25) is 4.79 Å². The molecule has 1 aromatic carbocycles. The van der Waals surface area contributed by atoms with Crippen molar-refractivity contribution in [3.05, 3.63) is 59.5 Å². The predicted octanol–water partition coefficient (Wildman–Crippen LogP) is 4.10. The first kappa shape index (κ1) is 18.1. The van der Waals surface area contributed by atoms with Crippen LogP contribution in [0.25, 0.3) is 0 Å². The standard InChI is InChI=1S/C19H20F2N2O3/c1-2-3-6-13-7-5-10-23(13)19(24)17-11-14(26-22-17)12-25-18-15(20)8-4-9-16(18)21/h4-5,7-9,11,13H,2-3,6,10,12H2,1H3. The maximum atomic E-state index is 13.6. The van der Waals surface area contributed by atoms with E-state index in [4.69, 9.17) is 9.26 Å². The number of hydrogen-bond donors (Lipinski definition) is 0. The lowest BCUT2D eigenvalue weighted by Gasteiger charge is -2.23. The summed E-state index contributed by atoms with van der Waals surface area (Å²) in [5.74, 6) is -2.11. The number of halogens is 2. The van der Waals surface area contributed by atoms with Crippen LogP contribution >= 0.6 is 0 Å². The summed E-state index contributed by atoms with van der Waals surface area (Å²) in [4.78, 5) is 14.3. The van der Waals surface area contributed by atoms with E-state index in [2.05, 4.69) is 12.1 Å². The molecule has 0 N–H and O–H groups in total. The van der Waals surface area contributed by atoms with Crippen molar-refractivity contribution in [1.82, 2.24) is 10.1 Å². The first-order valence-corrected chi connectivity index (χ1v) is 8.60. The summed E-state index contributed by atoms with van der Waals surface area (Å²) < 4.78 is 37.3. The van der Waals surface area contributed by atoms with Gasteiger partial charge in [-0.2, -0.15) is 0 Å². The molecular formula is C19H20F2N2O3. The molecule has 0 saturated heterocycles. The molecule has 26 heavy (non-hydrogen) atoms. The Hall–Kier alpha value is -2.70. The fourth-order valence-electron chi connectivity index (χ4n) is 2.86. The van der Waals surface area contributed by atoms with Crippen molar-refractivity contribution < 1.29 is 22.8 Å². The molecule has 138 valence electrons. The van der Waals surface area contributed by atoms with Gasteiger partial charge in [0.2, 0.25) is 0 Å². The number of unbranched alkanes of at least 4 members (excludes halogenated alkanes) is 1. The summed E-state index contributed by atoms with van der Waals surface area (Å²) in [7, 11) is 0. The van der Waals surface area contributed by atoms with Crippen LogP contribution in [-0.4, -0.2) is 28.6 Å². The number of ether oxygens (including phenoxy) is 1. The maximum absolute atomic E-state index is 13.6. The lowest BCUT2D eigenvalue weighted by atomic mass is 10.1. The molecule has 1 aliphatic rings. The van der Waals surface area contributed by atoms with Crippen LogP contribution in [0.1, 0.15) is 42.4 Å². The molecule has 0 radical (unpaired) electrons. The SMILES string of the molecule is CCCCC1C=CCN1C(=O)c1cc(COc2c(F)cccc2F)on1. The summed E-state index contributed by atoms with van der Waals surface area (Å²) in [6.07, 6.45) is 6.98. The second kappa shape index (κ2) is 8.12. The van der Waals surface area contributed by atoms with Gasteiger partial charge in [-0.1, -0.05) is 43.1 Å². The molecule has 5 nitrogen and oxygen atoms in total. The molecule has 2 heterocycles. The summed E-state index contributed by atoms with van der Waals surface area (Å²) >= 11 is 0. The normalized spacial score (nSPS) is 16.3. The Kier molecular flexibility index (Phi) is 5.65. The molecule has 1 aliphatic heterocycles. The molecule has 2 aromatic rings. The van der Waals surface area contributed by atoms with Crippen LogP contribution in [-0.2, 0) is 6.61 Å². The van der Waals surface area contributed by atoms with Gasteiger partial charge in [0.25, 0.3) is 5.91 Å². The molecule has 1 aromatic heterocycles. The van der Waals surface area contributed by atoms with Crippen molar-refractivity contribution in [3.8, 4) is 5.75 Å². The molecule has 0 aliphatic carbocycles. The fourth-order valence-corrected chi connectivity index (χ4v) is 2.86. The zero-order valence-electron chi connectivity index (χ0n) is 14.5. The van der Waals surface area contributed by atoms with Gasteiger partial charge >= 0.3 is 0 Å². The van der Waals surface area contributed by atoms with E-state index in [-0.39, 0.29) is 30.0 Å². The number of nitrogens with zero attached hydrogens (tertiary/aromatic N) is 2. The van der Waals surface area contributed by atoms with E-state index in [1.54, 1.807) is 4.90 Å². The van der Waals surface area contributed by atoms with Gasteiger partial charge in [0, 0.05) is 12.6 Å². The van der Waals surface area contributed by atoms with Gasteiger partial charge in [0.15, 0.2) is 28.8 Å². The highest BCUT2D eigenvalue weighted by atomic mass is 19.1. The molecule has 0 saturated carbocycles. The highest BCUT2D eigenvalue weighted by Gasteiger charge is 2.27. The van der Waals surface area contributed by atoms with Crippen molar-refractivity contribution in [2.45, 2.75) is 38.8 Å². The average molecular weight is 362 g/mol. The number of aromatic nitrogens is 1. The van der Waals surface area contributed by atoms with Crippen molar-refractivity contribution in [1.29, 1.82) is 0 Å². The average Bonchev–Trinajstić information content (AvgIpc) is 3.28. The Morgan fingerprint density at radius 3 is 2.88 bits per heavy atom. The highest BCUT2D eigenvalue weighted by molar-refractivity contribution is 5.93. The van der Waals surface area contributed by atoms with Crippen molar-refractivity contribution in [3.63, 3.8) is 0 Å². The van der Waals surface area contributed by atoms with Gasteiger partial charge in [-0.05, 0) is 18.6 Å². The van der Waals surface area contributed by atoms with Crippen LogP contribution in [0.4, 0.5) is 8.78 Å². The summed E-state index contributed by atoms with van der Waals surface area (Å²) in [6.45, 7) is 2.41. The second-order valence-electron chi connectivity index (χ2n) is 6.11. The molecule has 0 bridgehead atoms. The minimum absolute atomic E-state index is 0.0614. The monoisotopic (exact) mass is 362 g/mol. The van der Waals surface area contributed by atoms with E-state index in [0.29, 0.717) is 6.54 Å². The van der Waals surface area contributed by atoms with Crippen LogP contribution in [0, 0.1) is 11.6 Å². The lowest BCUT2D eigenvalue weighted by molar-refractivity contribution is 0.0732. The second-order valence-corrected chi connectivity index (χ2v) is 6.11. The summed E-state index contributed by atoms with van der Waals surface area (Å²) in [5.41, 5.74) is 0.155. The zero-order chi connectivity index (χ0) is 18.5. The van der Waals surface area contributed by atoms with E-state index in [1.165, 1.54) is 12.1 Å². The number of amides is 1. The molecule has 1 atom stereocenters. The molecule has 0 spiro atoms. The Bertz CT molecular complexity index is 784. The zero-order valence-corrected chi connectivity index (χ0v) is 14.5. The molecule has 0 fully saturated rings. The molecule has 1 unspecified atom stereocenters. The van der Waals surface area contributed by atoms with Crippen molar-refractivity contribution in [2.75, 3.05) is 6.54 Å². The van der Waals surface area contributed by atoms with Gasteiger partial charge in [-0.25, -0.2) is 8.78 Å². The van der Waals surface area contributed by atoms with Crippen LogP contribution in [0.2, 0.25) is 0 Å². The van der Waals surface area contributed by atoms with Gasteiger partial charge in [-0.15, -0.1) is 0 Å². The third-order valence-corrected chi connectivity index (χ3v) is 4.23. The predicted molar refractivity (Wildman–Crippen MR) is 90.7 cm³/mol. The van der Waals surface area contributed by atoms with E-state index in [1.807, 2.05) is 12.2 Å². The molecule has 1 amide bonds. The number of hydrogen-bond acceptors (Lipinski definition) is 4. The number of carbonyl (C=O) groups is 1. The van der Waals surface area contributed by atoms with Crippen LogP contribution in [0.15, 0.2) is 40.9 Å². The van der Waals surface area contributed by atoms with Gasteiger partial charge in [0.05, 0.1) is 6.04 Å². The van der Waals surface area contributed by atoms with Crippen LogP contribution in [0.3, 0.4) is 0 Å². The maximum Gasteiger partial charge on any atom is 0.276 e. The quantitative estimate of drug-likeness (QED) is 0.696. The first-order valence-electron chi connectivity index (χ1n) is 8.60. The van der Waals surface area contributed by atoms with Crippen LogP contribution in [0.5, 0.6) is 5.75 Å². The summed E-state index contributed by atoms with van der Waals surface area (Å²) in [5, 5.41) is 3.77. The summed E-state index contributed by atoms with van der Waals surface area (Å²) in [6, 6.07) is 4.96. The number of carbonyl (C=O) groups excluding carboxylic acids is 1. The van der Waals surface area contributed by atoms with E-state index < -0.39 is 17.4 Å². The van der Waals surface area contributed by atoms with Crippen molar-refractivity contribution >= 4 is 5.91 Å². The number of rotatable bonds is 7. The third kappa shape index (κ3) is 3.92. The number of benzene rings is 1.